The number of rotatable bonds is 0. The van der Waals surface area contributed by atoms with Crippen molar-refractivity contribution in [2.24, 2.45) is 0 Å². The zero-order chi connectivity index (χ0) is 5.11. The number of hydrogen-bond acceptors (Lipinski definition) is 2. The van der Waals surface area contributed by atoms with Gasteiger partial charge >= 0.3 is 0 Å². The first-order valence-corrected chi connectivity index (χ1v) is 1.88. The average molecular weight is 94.1 g/mol. The maximum absolute atomic E-state index is 6.89. The Bertz CT molecular complexity index is 137. The lowest BCUT2D eigenvalue weighted by atomic mass is 10.5. The lowest BCUT2D eigenvalue weighted by Crippen LogP contribution is -1.75. The molecule has 1 aromatic rings. The molecule has 3 heteroatoms. The van der Waals surface area contributed by atoms with Crippen molar-refractivity contribution in [2.75, 3.05) is 0 Å². The van der Waals surface area contributed by atoms with Gasteiger partial charge in [0, 0.05) is 0 Å². The largest absolute Gasteiger partial charge is 0.299 e. The van der Waals surface area contributed by atoms with E-state index in [4.69, 9.17) is 5.73 Å². The Morgan fingerprint density at radius 2 is 2.29 bits per heavy atom. The minimum atomic E-state index is 0.398. The summed E-state index contributed by atoms with van der Waals surface area (Å²) in [4.78, 5) is 0. The molecular weight excluding hydrogens is 90.1 g/mol. The van der Waals surface area contributed by atoms with E-state index in [2.05, 4.69) is 10.2 Å². The molecule has 0 saturated carbocycles. The van der Waals surface area contributed by atoms with E-state index in [-0.39, 0.29) is 0 Å². The molecule has 0 amide bonds. The van der Waals surface area contributed by atoms with Gasteiger partial charge in [0.2, 0.25) is 0 Å². The van der Waals surface area contributed by atoms with E-state index >= 15 is 0 Å². The summed E-state index contributed by atoms with van der Waals surface area (Å²) in [6.45, 7) is 0. The molecule has 0 aliphatic heterocycles. The van der Waals surface area contributed by atoms with Gasteiger partial charge in [-0.05, 0) is 6.07 Å². The second-order valence-electron chi connectivity index (χ2n) is 1.13. The Labute approximate surface area is 41.2 Å². The standard InChI is InChI=1S/C4H4N3/c5-4-1-2-6-7-3-4/h1-3,5H. The van der Waals surface area contributed by atoms with Gasteiger partial charge in [-0.3, -0.25) is 5.73 Å². The van der Waals surface area contributed by atoms with Gasteiger partial charge in [0.15, 0.2) is 0 Å². The molecule has 0 aliphatic rings. The highest BCUT2D eigenvalue weighted by Gasteiger charge is 1.76. The third-order valence-corrected chi connectivity index (χ3v) is 0.584. The van der Waals surface area contributed by atoms with Crippen LogP contribution in [0.5, 0.6) is 0 Å². The first-order valence-electron chi connectivity index (χ1n) is 1.88. The number of nitrogens with one attached hydrogen (secondary N) is 1. The second-order valence-corrected chi connectivity index (χ2v) is 1.13. The molecule has 1 rings (SSSR count). The van der Waals surface area contributed by atoms with Crippen LogP contribution in [0.15, 0.2) is 18.5 Å². The molecule has 0 bridgehead atoms. The minimum Gasteiger partial charge on any atom is -0.299 e. The molecule has 1 heterocycles. The zero-order valence-electron chi connectivity index (χ0n) is 3.63. The fraction of sp³-hybridized carbons (Fsp3) is 0. The highest BCUT2D eigenvalue weighted by atomic mass is 15.1. The topological polar surface area (TPSA) is 49.6 Å². The predicted octanol–water partition coefficient (Wildman–Crippen LogP) is 0.391. The number of hydrogen-bond donors (Lipinski definition) is 0. The van der Waals surface area contributed by atoms with Crippen LogP contribution in [-0.4, -0.2) is 10.2 Å². The summed E-state index contributed by atoms with van der Waals surface area (Å²) < 4.78 is 0. The molecule has 0 aromatic carbocycles. The van der Waals surface area contributed by atoms with Crippen LogP contribution in [0.3, 0.4) is 0 Å². The smallest absolute Gasteiger partial charge is 0.0757 e. The summed E-state index contributed by atoms with van der Waals surface area (Å²) in [5.41, 5.74) is 7.29. The predicted molar refractivity (Wildman–Crippen MR) is 24.8 cm³/mol. The third-order valence-electron chi connectivity index (χ3n) is 0.584. The van der Waals surface area contributed by atoms with Crippen LogP contribution in [0.1, 0.15) is 0 Å². The maximum atomic E-state index is 6.89. The molecule has 0 unspecified atom stereocenters. The summed E-state index contributed by atoms with van der Waals surface area (Å²) in [7, 11) is 0. The Hall–Kier alpha value is -1.12. The van der Waals surface area contributed by atoms with Crippen LogP contribution in [0.2, 0.25) is 0 Å². The summed E-state index contributed by atoms with van der Waals surface area (Å²) in [5, 5.41) is 6.92. The normalized spacial score (nSPS) is 8.57. The van der Waals surface area contributed by atoms with Gasteiger partial charge in [-0.2, -0.15) is 10.2 Å². The van der Waals surface area contributed by atoms with Crippen molar-refractivity contribution in [2.45, 2.75) is 0 Å². The van der Waals surface area contributed by atoms with E-state index in [0.717, 1.165) is 0 Å². The van der Waals surface area contributed by atoms with E-state index in [0.29, 0.717) is 5.69 Å². The van der Waals surface area contributed by atoms with Crippen molar-refractivity contribution in [1.82, 2.24) is 15.9 Å². The van der Waals surface area contributed by atoms with Gasteiger partial charge in [-0.15, -0.1) is 0 Å². The van der Waals surface area contributed by atoms with E-state index < -0.39 is 0 Å². The van der Waals surface area contributed by atoms with Crippen molar-refractivity contribution >= 4 is 5.69 Å². The molecule has 1 aromatic heterocycles. The summed E-state index contributed by atoms with van der Waals surface area (Å²) in [6, 6.07) is 1.58. The molecule has 35 valence electrons. The second kappa shape index (κ2) is 1.55. The molecule has 0 atom stereocenters. The lowest BCUT2D eigenvalue weighted by molar-refractivity contribution is 1.03. The van der Waals surface area contributed by atoms with Gasteiger partial charge in [0.25, 0.3) is 0 Å². The highest BCUT2D eigenvalue weighted by Crippen LogP contribution is 1.92. The van der Waals surface area contributed by atoms with Gasteiger partial charge in [0.05, 0.1) is 18.1 Å². The quantitative estimate of drug-likeness (QED) is 0.467. The maximum Gasteiger partial charge on any atom is 0.0757 e. The van der Waals surface area contributed by atoms with Gasteiger partial charge in [0.1, 0.15) is 0 Å². The first-order chi connectivity index (χ1) is 3.39. The van der Waals surface area contributed by atoms with E-state index in [1.54, 1.807) is 6.07 Å². The lowest BCUT2D eigenvalue weighted by Gasteiger charge is -1.80. The highest BCUT2D eigenvalue weighted by molar-refractivity contribution is 5.25. The fourth-order valence-corrected chi connectivity index (χ4v) is 0.291. The third kappa shape index (κ3) is 0.855. The SMILES string of the molecule is [NH]c1ccnnc1. The summed E-state index contributed by atoms with van der Waals surface area (Å²) in [6.07, 6.45) is 2.88. The number of nitrogens with zero attached hydrogens (tertiary/aromatic N) is 2. The van der Waals surface area contributed by atoms with E-state index in [1.807, 2.05) is 0 Å². The molecule has 0 saturated heterocycles. The molecule has 3 nitrogen and oxygen atoms in total. The van der Waals surface area contributed by atoms with Crippen LogP contribution in [0.4, 0.5) is 5.69 Å². The summed E-state index contributed by atoms with van der Waals surface area (Å²) in [5.74, 6) is 0. The van der Waals surface area contributed by atoms with Gasteiger partial charge in [-0.1, -0.05) is 0 Å². The van der Waals surface area contributed by atoms with Crippen LogP contribution in [0, 0.1) is 0 Å². The van der Waals surface area contributed by atoms with Crippen LogP contribution >= 0.6 is 0 Å². The fourth-order valence-electron chi connectivity index (χ4n) is 0.291. The van der Waals surface area contributed by atoms with E-state index in [1.165, 1.54) is 12.4 Å². The van der Waals surface area contributed by atoms with Crippen molar-refractivity contribution < 1.29 is 0 Å². The molecular formula is C4H4N3. The zero-order valence-corrected chi connectivity index (χ0v) is 3.63. The molecule has 1 radical (unpaired) electrons. The Kier molecular flexibility index (Phi) is 0.898. The van der Waals surface area contributed by atoms with Crippen molar-refractivity contribution in [3.05, 3.63) is 18.5 Å². The van der Waals surface area contributed by atoms with E-state index in [9.17, 15) is 0 Å². The minimum absolute atomic E-state index is 0.398. The van der Waals surface area contributed by atoms with Gasteiger partial charge < -0.3 is 0 Å². The number of aromatic nitrogens is 2. The Morgan fingerprint density at radius 3 is 2.57 bits per heavy atom. The van der Waals surface area contributed by atoms with Crippen molar-refractivity contribution in [3.63, 3.8) is 0 Å². The first kappa shape index (κ1) is 4.05. The molecule has 7 heavy (non-hydrogen) atoms. The average Bonchev–Trinajstić information content (AvgIpc) is 1.69. The molecule has 0 spiro atoms. The van der Waals surface area contributed by atoms with Gasteiger partial charge in [-0.25, -0.2) is 0 Å². The molecule has 0 fully saturated rings. The van der Waals surface area contributed by atoms with Crippen molar-refractivity contribution in [3.8, 4) is 0 Å². The summed E-state index contributed by atoms with van der Waals surface area (Å²) >= 11 is 0. The Balaban J connectivity index is 3.02. The van der Waals surface area contributed by atoms with Crippen LogP contribution in [-0.2, 0) is 0 Å². The van der Waals surface area contributed by atoms with Crippen molar-refractivity contribution in [1.29, 1.82) is 0 Å². The monoisotopic (exact) mass is 94.0 g/mol. The Morgan fingerprint density at radius 1 is 1.43 bits per heavy atom. The van der Waals surface area contributed by atoms with Crippen LogP contribution < -0.4 is 5.73 Å². The molecule has 1 N–H and O–H groups in total. The van der Waals surface area contributed by atoms with Crippen LogP contribution in [0.25, 0.3) is 0 Å². The molecule has 0 aliphatic carbocycles.